The molecule has 0 aliphatic heterocycles. The summed E-state index contributed by atoms with van der Waals surface area (Å²) in [5.74, 6) is 0. The highest BCUT2D eigenvalue weighted by Crippen LogP contribution is 2.16. The molecule has 0 atom stereocenters. The third kappa shape index (κ3) is 8.10. The van der Waals surface area contributed by atoms with Crippen molar-refractivity contribution in [1.29, 1.82) is 0 Å². The van der Waals surface area contributed by atoms with Crippen molar-refractivity contribution >= 4 is 0 Å². The lowest BCUT2D eigenvalue weighted by atomic mass is 10.0. The van der Waals surface area contributed by atoms with E-state index in [1.807, 2.05) is 0 Å². The molecule has 0 fully saturated rings. The van der Waals surface area contributed by atoms with E-state index in [-0.39, 0.29) is 0 Å². The van der Waals surface area contributed by atoms with Gasteiger partial charge in [-0.05, 0) is 52.7 Å². The Hall–Kier alpha value is -0.520. The Morgan fingerprint density at radius 1 is 0.571 bits per heavy atom. The van der Waals surface area contributed by atoms with Gasteiger partial charge in [0.1, 0.15) is 0 Å². The molecule has 0 aliphatic rings. The average molecular weight is 196 g/mol. The first-order valence-corrected chi connectivity index (χ1v) is 5.66. The van der Waals surface area contributed by atoms with Crippen LogP contribution in [0.1, 0.15) is 68.2 Å². The lowest BCUT2D eigenvalue weighted by Crippen LogP contribution is -1.85. The van der Waals surface area contributed by atoms with Crippen LogP contribution in [0.5, 0.6) is 0 Å². The van der Waals surface area contributed by atoms with Gasteiger partial charge in [0, 0.05) is 0 Å². The molecule has 0 aromatic carbocycles. The molecule has 0 aliphatic carbocycles. The Balaban J connectivity index is 0. The zero-order chi connectivity index (χ0) is 11.7. The highest BCUT2D eigenvalue weighted by molar-refractivity contribution is 5.33. The highest BCUT2D eigenvalue weighted by atomic mass is 14.0. The molecule has 0 N–H and O–H groups in total. The van der Waals surface area contributed by atoms with Crippen LogP contribution in [0.15, 0.2) is 22.3 Å². The SMILES string of the molecule is CC(C)=C(C)C(C)=C(C)C.CCCC. The minimum Gasteiger partial charge on any atom is -0.0732 e. The topological polar surface area (TPSA) is 0 Å². The van der Waals surface area contributed by atoms with E-state index in [9.17, 15) is 0 Å². The van der Waals surface area contributed by atoms with Gasteiger partial charge in [-0.1, -0.05) is 37.8 Å². The minimum absolute atomic E-state index is 1.32. The van der Waals surface area contributed by atoms with Gasteiger partial charge in [0.25, 0.3) is 0 Å². The number of hydrogen-bond acceptors (Lipinski definition) is 0. The molecule has 0 aromatic heterocycles. The van der Waals surface area contributed by atoms with Crippen LogP contribution in [0.4, 0.5) is 0 Å². The van der Waals surface area contributed by atoms with Crippen molar-refractivity contribution in [1.82, 2.24) is 0 Å². The van der Waals surface area contributed by atoms with Gasteiger partial charge in [-0.3, -0.25) is 0 Å². The first-order valence-electron chi connectivity index (χ1n) is 5.66. The van der Waals surface area contributed by atoms with E-state index in [1.165, 1.54) is 35.1 Å². The molecular weight excluding hydrogens is 168 g/mol. The van der Waals surface area contributed by atoms with Crippen molar-refractivity contribution in [3.8, 4) is 0 Å². The number of allylic oxidation sites excluding steroid dienone is 4. The predicted molar refractivity (Wildman–Crippen MR) is 68.7 cm³/mol. The standard InChI is InChI=1S/C10H18.C4H10/c1-7(2)9(5)10(6)8(3)4;1-3-4-2/h1-6H3;3-4H2,1-2H3. The minimum atomic E-state index is 1.32. The third-order valence-corrected chi connectivity index (χ3v) is 2.56. The van der Waals surface area contributed by atoms with Gasteiger partial charge in [0.05, 0.1) is 0 Å². The fraction of sp³-hybridized carbons (Fsp3) is 0.714. The molecule has 0 amide bonds. The second-order valence-corrected chi connectivity index (χ2v) is 4.25. The fourth-order valence-electron chi connectivity index (χ4n) is 0.750. The van der Waals surface area contributed by atoms with E-state index in [4.69, 9.17) is 0 Å². The predicted octanol–water partition coefficient (Wildman–Crippen LogP) is 5.51. The van der Waals surface area contributed by atoms with Crippen molar-refractivity contribution in [2.75, 3.05) is 0 Å². The van der Waals surface area contributed by atoms with Crippen LogP contribution in [-0.4, -0.2) is 0 Å². The van der Waals surface area contributed by atoms with Crippen molar-refractivity contribution in [3.05, 3.63) is 22.3 Å². The summed E-state index contributed by atoms with van der Waals surface area (Å²) in [6.07, 6.45) is 2.64. The number of rotatable bonds is 2. The van der Waals surface area contributed by atoms with Gasteiger partial charge in [-0.25, -0.2) is 0 Å². The maximum Gasteiger partial charge on any atom is -0.0396 e. The molecule has 14 heavy (non-hydrogen) atoms. The summed E-state index contributed by atoms with van der Waals surface area (Å²) < 4.78 is 0. The molecule has 0 bridgehead atoms. The maximum absolute atomic E-state index is 2.18. The number of hydrogen-bond donors (Lipinski definition) is 0. The van der Waals surface area contributed by atoms with Gasteiger partial charge in [0.15, 0.2) is 0 Å². The van der Waals surface area contributed by atoms with Gasteiger partial charge < -0.3 is 0 Å². The number of unbranched alkanes of at least 4 members (excludes halogenated alkanes) is 1. The van der Waals surface area contributed by atoms with Crippen LogP contribution in [-0.2, 0) is 0 Å². The summed E-state index contributed by atoms with van der Waals surface area (Å²) in [6, 6.07) is 0. The van der Waals surface area contributed by atoms with Crippen LogP contribution in [0.2, 0.25) is 0 Å². The Kier molecular flexibility index (Phi) is 10.3. The fourth-order valence-corrected chi connectivity index (χ4v) is 0.750. The van der Waals surface area contributed by atoms with E-state index < -0.39 is 0 Å². The Labute approximate surface area is 91.1 Å². The molecule has 0 heteroatoms. The first kappa shape index (κ1) is 15.9. The van der Waals surface area contributed by atoms with Gasteiger partial charge in [-0.15, -0.1) is 0 Å². The molecule has 0 nitrogen and oxygen atoms in total. The largest absolute Gasteiger partial charge is 0.0732 e. The molecule has 0 radical (unpaired) electrons. The smallest absolute Gasteiger partial charge is 0.0396 e. The Morgan fingerprint density at radius 3 is 0.857 bits per heavy atom. The molecule has 0 aromatic rings. The van der Waals surface area contributed by atoms with Crippen LogP contribution in [0.25, 0.3) is 0 Å². The third-order valence-electron chi connectivity index (χ3n) is 2.56. The van der Waals surface area contributed by atoms with Crippen LogP contribution >= 0.6 is 0 Å². The Morgan fingerprint density at radius 2 is 0.786 bits per heavy atom. The van der Waals surface area contributed by atoms with E-state index in [0.29, 0.717) is 0 Å². The van der Waals surface area contributed by atoms with Crippen LogP contribution < -0.4 is 0 Å². The Bertz CT molecular complexity index is 172. The summed E-state index contributed by atoms with van der Waals surface area (Å²) >= 11 is 0. The van der Waals surface area contributed by atoms with Gasteiger partial charge >= 0.3 is 0 Å². The molecule has 0 unspecified atom stereocenters. The monoisotopic (exact) mass is 196 g/mol. The quantitative estimate of drug-likeness (QED) is 0.511. The van der Waals surface area contributed by atoms with Crippen molar-refractivity contribution in [2.24, 2.45) is 0 Å². The van der Waals surface area contributed by atoms with E-state index >= 15 is 0 Å². The van der Waals surface area contributed by atoms with Crippen molar-refractivity contribution < 1.29 is 0 Å². The van der Waals surface area contributed by atoms with Crippen molar-refractivity contribution in [2.45, 2.75) is 68.2 Å². The summed E-state index contributed by atoms with van der Waals surface area (Å²) in [5, 5.41) is 0. The van der Waals surface area contributed by atoms with E-state index in [1.54, 1.807) is 0 Å². The zero-order valence-corrected chi connectivity index (χ0v) is 11.4. The molecule has 0 heterocycles. The normalized spacial score (nSPS) is 8.57. The van der Waals surface area contributed by atoms with E-state index in [2.05, 4.69) is 55.4 Å². The van der Waals surface area contributed by atoms with Gasteiger partial charge in [-0.2, -0.15) is 0 Å². The summed E-state index contributed by atoms with van der Waals surface area (Å²) in [6.45, 7) is 17.3. The summed E-state index contributed by atoms with van der Waals surface area (Å²) in [5.41, 5.74) is 5.69. The lowest BCUT2D eigenvalue weighted by Gasteiger charge is -2.05. The summed E-state index contributed by atoms with van der Waals surface area (Å²) in [4.78, 5) is 0. The summed E-state index contributed by atoms with van der Waals surface area (Å²) in [7, 11) is 0. The maximum atomic E-state index is 2.18. The average Bonchev–Trinajstić information content (AvgIpc) is 2.15. The molecule has 0 saturated carbocycles. The molecular formula is C14H28. The van der Waals surface area contributed by atoms with Gasteiger partial charge in [0.2, 0.25) is 0 Å². The second kappa shape index (κ2) is 9.05. The molecule has 84 valence electrons. The molecule has 0 rings (SSSR count). The van der Waals surface area contributed by atoms with Crippen LogP contribution in [0, 0.1) is 0 Å². The first-order chi connectivity index (χ1) is 6.38. The molecule has 0 saturated heterocycles. The zero-order valence-electron chi connectivity index (χ0n) is 11.4. The molecule has 0 spiro atoms. The van der Waals surface area contributed by atoms with Crippen LogP contribution in [0.3, 0.4) is 0 Å². The lowest BCUT2D eigenvalue weighted by molar-refractivity contribution is 0.886. The van der Waals surface area contributed by atoms with Crippen molar-refractivity contribution in [3.63, 3.8) is 0 Å². The second-order valence-electron chi connectivity index (χ2n) is 4.25. The highest BCUT2D eigenvalue weighted by Gasteiger charge is 1.95. The van der Waals surface area contributed by atoms with E-state index in [0.717, 1.165) is 0 Å².